The fraction of sp³-hybridized carbons (Fsp3) is 0.400. The highest BCUT2D eigenvalue weighted by Crippen LogP contribution is 2.31. The van der Waals surface area contributed by atoms with E-state index in [-0.39, 0.29) is 38.1 Å². The summed E-state index contributed by atoms with van der Waals surface area (Å²) in [5.41, 5.74) is -0.230. The molecule has 39 heavy (non-hydrogen) atoms. The Morgan fingerprint density at radius 2 is 1.74 bits per heavy atom. The monoisotopic (exact) mass is 571 g/mol. The summed E-state index contributed by atoms with van der Waals surface area (Å²) in [4.78, 5) is 39.7. The maximum Gasteiger partial charge on any atom is 0.573 e. The maximum atomic E-state index is 13.8. The Morgan fingerprint density at radius 3 is 2.28 bits per heavy atom. The first-order valence-corrected chi connectivity index (χ1v) is 13.3. The number of benzene rings is 2. The van der Waals surface area contributed by atoms with Gasteiger partial charge in [-0.25, -0.2) is 13.2 Å². The van der Waals surface area contributed by atoms with Gasteiger partial charge >= 0.3 is 12.3 Å². The van der Waals surface area contributed by atoms with Gasteiger partial charge in [-0.05, 0) is 37.6 Å². The van der Waals surface area contributed by atoms with Crippen molar-refractivity contribution >= 4 is 27.8 Å². The van der Waals surface area contributed by atoms with Gasteiger partial charge in [0.2, 0.25) is 21.8 Å². The molecule has 0 aromatic heterocycles. The molecule has 3 rings (SSSR count). The molecule has 1 aliphatic heterocycles. The lowest BCUT2D eigenvalue weighted by Gasteiger charge is -2.42. The van der Waals surface area contributed by atoms with E-state index in [1.807, 2.05) is 6.07 Å². The van der Waals surface area contributed by atoms with Crippen LogP contribution in [0.5, 0.6) is 5.75 Å². The molecule has 14 heteroatoms. The Balaban J connectivity index is 2.03. The Bertz CT molecular complexity index is 1330. The molecule has 0 radical (unpaired) electrons. The van der Waals surface area contributed by atoms with Crippen LogP contribution in [0.25, 0.3) is 0 Å². The van der Waals surface area contributed by atoms with Gasteiger partial charge in [-0.2, -0.15) is 4.31 Å². The molecule has 10 nitrogen and oxygen atoms in total. The summed E-state index contributed by atoms with van der Waals surface area (Å²) in [7, 11) is -4.61. The largest absolute Gasteiger partial charge is 0.573 e. The molecule has 1 unspecified atom stereocenters. The van der Waals surface area contributed by atoms with E-state index in [0.717, 1.165) is 15.9 Å². The van der Waals surface area contributed by atoms with Crippen LogP contribution < -0.4 is 4.74 Å². The third kappa shape index (κ3) is 7.06. The number of halogens is 3. The second-order valence-electron chi connectivity index (χ2n) is 9.15. The molecule has 0 bridgehead atoms. The number of carbonyl (C=O) groups is 3. The van der Waals surface area contributed by atoms with Crippen molar-refractivity contribution in [1.29, 1.82) is 0 Å². The van der Waals surface area contributed by atoms with Gasteiger partial charge in [0, 0.05) is 39.1 Å². The van der Waals surface area contributed by atoms with Crippen molar-refractivity contribution in [2.45, 2.75) is 50.7 Å². The van der Waals surface area contributed by atoms with Crippen molar-refractivity contribution < 1.29 is 45.8 Å². The van der Waals surface area contributed by atoms with Gasteiger partial charge in [-0.1, -0.05) is 30.3 Å². The Hall–Kier alpha value is -3.65. The van der Waals surface area contributed by atoms with Gasteiger partial charge in [0.25, 0.3) is 0 Å². The van der Waals surface area contributed by atoms with Gasteiger partial charge in [0.05, 0.1) is 4.90 Å². The summed E-state index contributed by atoms with van der Waals surface area (Å²) in [6.45, 7) is 4.36. The fourth-order valence-corrected chi connectivity index (χ4v) is 5.80. The molecule has 0 spiro atoms. The number of nitrogens with zero attached hydrogens (tertiary/aromatic N) is 3. The number of carbonyl (C=O) groups excluding carboxylic acids is 2. The van der Waals surface area contributed by atoms with Crippen molar-refractivity contribution in [3.8, 4) is 5.75 Å². The average Bonchev–Trinajstić information content (AvgIpc) is 2.86. The zero-order chi connectivity index (χ0) is 29.1. The van der Waals surface area contributed by atoms with Gasteiger partial charge in [-0.3, -0.25) is 9.59 Å². The van der Waals surface area contributed by atoms with E-state index in [2.05, 4.69) is 4.74 Å². The number of amides is 2. The Labute approximate surface area is 223 Å². The molecule has 1 saturated heterocycles. The number of ether oxygens (including phenoxy) is 1. The van der Waals surface area contributed by atoms with Crippen LogP contribution >= 0.6 is 0 Å². The van der Waals surface area contributed by atoms with Gasteiger partial charge in [-0.15, -0.1) is 13.2 Å². The molecule has 1 N–H and O–H groups in total. The standard InChI is InChI=1S/C25H28F3N3O7S/c1-16(2)30(14-18-7-5-4-6-8-18)23(33)21-15-29(17(3)32)11-12-31(21)39(36,37)19-9-10-22(38-25(26,27)28)20(13-19)24(34)35/h4-10,13,16,21H,11-12,14-15H2,1-3H3,(H,34,35). The lowest BCUT2D eigenvalue weighted by molar-refractivity contribution is -0.274. The first-order valence-electron chi connectivity index (χ1n) is 11.9. The number of carboxylic acid groups (broad SMARTS) is 1. The maximum absolute atomic E-state index is 13.8. The topological polar surface area (TPSA) is 125 Å². The number of carboxylic acids is 1. The zero-order valence-electron chi connectivity index (χ0n) is 21.4. The fourth-order valence-electron chi connectivity index (χ4n) is 4.21. The van der Waals surface area contributed by atoms with E-state index in [1.165, 1.54) is 16.7 Å². The van der Waals surface area contributed by atoms with E-state index in [9.17, 15) is 41.1 Å². The molecule has 1 aliphatic rings. The number of alkyl halides is 3. The molecule has 0 saturated carbocycles. The van der Waals surface area contributed by atoms with Gasteiger partial charge < -0.3 is 19.6 Å². The predicted octanol–water partition coefficient (Wildman–Crippen LogP) is 2.94. The number of rotatable bonds is 8. The number of hydrogen-bond donors (Lipinski definition) is 1. The molecule has 2 amide bonds. The second kappa shape index (κ2) is 11.6. The normalized spacial score (nSPS) is 16.7. The van der Waals surface area contributed by atoms with Crippen molar-refractivity contribution in [1.82, 2.24) is 14.1 Å². The van der Waals surface area contributed by atoms with E-state index in [1.54, 1.807) is 38.1 Å². The first-order chi connectivity index (χ1) is 18.1. The highest BCUT2D eigenvalue weighted by Gasteiger charge is 2.43. The van der Waals surface area contributed by atoms with E-state index in [4.69, 9.17) is 0 Å². The zero-order valence-corrected chi connectivity index (χ0v) is 22.2. The van der Waals surface area contributed by atoms with E-state index >= 15 is 0 Å². The molecule has 0 aliphatic carbocycles. The molecule has 2 aromatic carbocycles. The first kappa shape index (κ1) is 29.9. The number of aromatic carboxylic acids is 1. The summed E-state index contributed by atoms with van der Waals surface area (Å²) in [6.07, 6.45) is -5.20. The number of piperazine rings is 1. The minimum absolute atomic E-state index is 0.0419. The van der Waals surface area contributed by atoms with Crippen molar-refractivity contribution in [3.05, 3.63) is 59.7 Å². The number of sulfonamides is 1. The minimum atomic E-state index is -5.20. The molecule has 1 fully saturated rings. The quantitative estimate of drug-likeness (QED) is 0.517. The van der Waals surface area contributed by atoms with Crippen LogP contribution in [0.3, 0.4) is 0 Å². The summed E-state index contributed by atoms with van der Waals surface area (Å²) in [5, 5.41) is 9.41. The number of hydrogen-bond acceptors (Lipinski definition) is 6. The lowest BCUT2D eigenvalue weighted by Crippen LogP contribution is -2.62. The van der Waals surface area contributed by atoms with Gasteiger partial charge in [0.15, 0.2) is 0 Å². The van der Waals surface area contributed by atoms with E-state index in [0.29, 0.717) is 12.1 Å². The highest BCUT2D eigenvalue weighted by atomic mass is 32.2. The van der Waals surface area contributed by atoms with Crippen molar-refractivity contribution in [2.75, 3.05) is 19.6 Å². The van der Waals surface area contributed by atoms with Crippen LogP contribution in [0.1, 0.15) is 36.7 Å². The summed E-state index contributed by atoms with van der Waals surface area (Å²) < 4.78 is 70.2. The third-order valence-electron chi connectivity index (χ3n) is 6.18. The molecular weight excluding hydrogens is 543 g/mol. The van der Waals surface area contributed by atoms with Crippen LogP contribution in [0, 0.1) is 0 Å². The molecular formula is C25H28F3N3O7S. The summed E-state index contributed by atoms with van der Waals surface area (Å²) >= 11 is 0. The molecule has 1 atom stereocenters. The second-order valence-corrected chi connectivity index (χ2v) is 11.0. The predicted molar refractivity (Wildman–Crippen MR) is 132 cm³/mol. The SMILES string of the molecule is CC(=O)N1CCN(S(=O)(=O)c2ccc(OC(F)(F)F)c(C(=O)O)c2)C(C(=O)N(Cc2ccccc2)C(C)C)C1. The van der Waals surface area contributed by atoms with E-state index < -0.39 is 50.5 Å². The highest BCUT2D eigenvalue weighted by molar-refractivity contribution is 7.89. The minimum Gasteiger partial charge on any atom is -0.478 e. The van der Waals surface area contributed by atoms with Crippen LogP contribution in [-0.4, -0.2) is 83.5 Å². The van der Waals surface area contributed by atoms with Crippen LogP contribution in [0.2, 0.25) is 0 Å². The van der Waals surface area contributed by atoms with Crippen LogP contribution in [0.15, 0.2) is 53.4 Å². The molecule has 212 valence electrons. The average molecular weight is 572 g/mol. The Kier molecular flexibility index (Phi) is 8.91. The summed E-state index contributed by atoms with van der Waals surface area (Å²) in [6, 6.07) is 9.22. The summed E-state index contributed by atoms with van der Waals surface area (Å²) in [5.74, 6) is -3.88. The van der Waals surface area contributed by atoms with Crippen LogP contribution in [0.4, 0.5) is 13.2 Å². The lowest BCUT2D eigenvalue weighted by atomic mass is 10.1. The van der Waals surface area contributed by atoms with Crippen molar-refractivity contribution in [2.24, 2.45) is 0 Å². The van der Waals surface area contributed by atoms with Gasteiger partial charge in [0.1, 0.15) is 17.4 Å². The Morgan fingerprint density at radius 1 is 1.10 bits per heavy atom. The third-order valence-corrected chi connectivity index (χ3v) is 8.08. The smallest absolute Gasteiger partial charge is 0.478 e. The van der Waals surface area contributed by atoms with Crippen LogP contribution in [-0.2, 0) is 26.2 Å². The molecule has 2 aromatic rings. The molecule has 1 heterocycles. The van der Waals surface area contributed by atoms with Crippen molar-refractivity contribution in [3.63, 3.8) is 0 Å².